The first-order valence-corrected chi connectivity index (χ1v) is 6.22. The van der Waals surface area contributed by atoms with Crippen LogP contribution in [0.3, 0.4) is 0 Å². The topological polar surface area (TPSA) is 0 Å². The van der Waals surface area contributed by atoms with Crippen LogP contribution < -0.4 is 0 Å². The second kappa shape index (κ2) is 2.87. The van der Waals surface area contributed by atoms with Crippen LogP contribution in [0.25, 0.3) is 0 Å². The molecule has 15 heavy (non-hydrogen) atoms. The molecule has 0 aromatic heterocycles. The maximum Gasteiger partial charge on any atom is -0.00154 e. The minimum absolute atomic E-state index is 0.628. The van der Waals surface area contributed by atoms with E-state index < -0.39 is 0 Å². The van der Waals surface area contributed by atoms with Crippen LogP contribution in [0.1, 0.15) is 47.9 Å². The van der Waals surface area contributed by atoms with E-state index in [0.717, 1.165) is 5.92 Å². The summed E-state index contributed by atoms with van der Waals surface area (Å²) in [4.78, 5) is 0. The Kier molecular flexibility index (Phi) is 1.81. The summed E-state index contributed by atoms with van der Waals surface area (Å²) in [6.07, 6.45) is 5.85. The van der Waals surface area contributed by atoms with Crippen LogP contribution in [0.5, 0.6) is 0 Å². The van der Waals surface area contributed by atoms with Crippen LogP contribution in [0.4, 0.5) is 0 Å². The van der Waals surface area contributed by atoms with Crippen LogP contribution in [-0.2, 0) is 5.41 Å². The predicted octanol–water partition coefficient (Wildman–Crippen LogP) is 4.05. The van der Waals surface area contributed by atoms with Crippen molar-refractivity contribution in [1.29, 1.82) is 0 Å². The fourth-order valence-electron chi connectivity index (χ4n) is 3.16. The molecule has 2 fully saturated rings. The van der Waals surface area contributed by atoms with E-state index in [0.29, 0.717) is 5.41 Å². The van der Waals surface area contributed by atoms with Gasteiger partial charge in [-0.1, -0.05) is 12.1 Å². The lowest BCUT2D eigenvalue weighted by Gasteiger charge is -2.20. The molecule has 0 unspecified atom stereocenters. The molecule has 80 valence electrons. The third kappa shape index (κ3) is 1.27. The zero-order valence-corrected chi connectivity index (χ0v) is 10.1. The van der Waals surface area contributed by atoms with Crippen molar-refractivity contribution in [3.05, 3.63) is 34.4 Å². The Hall–Kier alpha value is -0.780. The Morgan fingerprint density at radius 1 is 1.00 bits per heavy atom. The van der Waals surface area contributed by atoms with Crippen molar-refractivity contribution in [3.8, 4) is 0 Å². The van der Waals surface area contributed by atoms with Crippen molar-refractivity contribution >= 4 is 0 Å². The van der Waals surface area contributed by atoms with Gasteiger partial charge in [0.25, 0.3) is 0 Å². The molecule has 0 saturated heterocycles. The Bertz CT molecular complexity index is 406. The van der Waals surface area contributed by atoms with Crippen molar-refractivity contribution in [2.45, 2.75) is 51.9 Å². The smallest absolute Gasteiger partial charge is 0.00154 e. The van der Waals surface area contributed by atoms with Gasteiger partial charge in [-0.25, -0.2) is 0 Å². The number of aryl methyl sites for hydroxylation is 1. The van der Waals surface area contributed by atoms with Gasteiger partial charge in [0, 0.05) is 0 Å². The first kappa shape index (κ1) is 9.45. The van der Waals surface area contributed by atoms with E-state index in [1.54, 1.807) is 11.1 Å². The molecule has 3 rings (SSSR count). The van der Waals surface area contributed by atoms with Crippen molar-refractivity contribution in [2.75, 3.05) is 0 Å². The van der Waals surface area contributed by atoms with Crippen LogP contribution in [0.15, 0.2) is 12.1 Å². The molecule has 2 saturated carbocycles. The van der Waals surface area contributed by atoms with Gasteiger partial charge in [0.2, 0.25) is 0 Å². The predicted molar refractivity (Wildman–Crippen MR) is 64.3 cm³/mol. The van der Waals surface area contributed by atoms with Crippen LogP contribution >= 0.6 is 0 Å². The zero-order chi connectivity index (χ0) is 10.6. The third-order valence-electron chi connectivity index (χ3n) is 4.74. The number of hydrogen-bond acceptors (Lipinski definition) is 0. The molecule has 0 nitrogen and oxygen atoms in total. The lowest BCUT2D eigenvalue weighted by molar-refractivity contribution is 0.592. The van der Waals surface area contributed by atoms with Crippen LogP contribution in [0.2, 0.25) is 0 Å². The summed E-state index contributed by atoms with van der Waals surface area (Å²) >= 11 is 0. The minimum Gasteiger partial charge on any atom is -0.0587 e. The van der Waals surface area contributed by atoms with Crippen molar-refractivity contribution < 1.29 is 0 Å². The van der Waals surface area contributed by atoms with Gasteiger partial charge >= 0.3 is 0 Å². The molecule has 0 bridgehead atoms. The third-order valence-corrected chi connectivity index (χ3v) is 4.74. The normalized spacial score (nSPS) is 22.9. The number of rotatable bonds is 2. The molecule has 0 heteroatoms. The molecule has 1 aromatic rings. The van der Waals surface area contributed by atoms with Gasteiger partial charge in [0.15, 0.2) is 0 Å². The van der Waals surface area contributed by atoms with E-state index in [-0.39, 0.29) is 0 Å². The molecule has 0 N–H and O–H groups in total. The highest BCUT2D eigenvalue weighted by molar-refractivity contribution is 5.46. The summed E-state index contributed by atoms with van der Waals surface area (Å²) < 4.78 is 0. The molecule has 0 atom stereocenters. The van der Waals surface area contributed by atoms with E-state index in [9.17, 15) is 0 Å². The van der Waals surface area contributed by atoms with E-state index in [1.807, 2.05) is 0 Å². The summed E-state index contributed by atoms with van der Waals surface area (Å²) in [5, 5.41) is 0. The Morgan fingerprint density at radius 2 is 1.67 bits per heavy atom. The van der Waals surface area contributed by atoms with Gasteiger partial charge < -0.3 is 0 Å². The second-order valence-corrected chi connectivity index (χ2v) is 5.61. The van der Waals surface area contributed by atoms with Crippen LogP contribution in [0, 0.1) is 26.7 Å². The molecule has 0 aliphatic heterocycles. The quantitative estimate of drug-likeness (QED) is 0.675. The fourth-order valence-corrected chi connectivity index (χ4v) is 3.16. The molecule has 2 aliphatic rings. The first-order valence-electron chi connectivity index (χ1n) is 6.22. The SMILES string of the molecule is Cc1ccc(C2(C3CC3)CC2)c(C)c1C. The number of hydrogen-bond donors (Lipinski definition) is 0. The van der Waals surface area contributed by atoms with E-state index in [4.69, 9.17) is 0 Å². The van der Waals surface area contributed by atoms with E-state index in [2.05, 4.69) is 32.9 Å². The monoisotopic (exact) mass is 200 g/mol. The standard InChI is InChI=1S/C15H20/c1-10-4-7-14(12(3)11(10)2)15(8-9-15)13-5-6-13/h4,7,13H,5-6,8-9H2,1-3H3. The molecule has 2 aliphatic carbocycles. The maximum absolute atomic E-state index is 2.41. The molecular weight excluding hydrogens is 180 g/mol. The Labute approximate surface area is 92.7 Å². The summed E-state index contributed by atoms with van der Waals surface area (Å²) in [7, 11) is 0. The largest absolute Gasteiger partial charge is 0.0587 e. The maximum atomic E-state index is 2.41. The van der Waals surface area contributed by atoms with Gasteiger partial charge in [-0.05, 0) is 80.0 Å². The average Bonchev–Trinajstić information content (AvgIpc) is 3.01. The van der Waals surface area contributed by atoms with Gasteiger partial charge in [0.05, 0.1) is 0 Å². The van der Waals surface area contributed by atoms with Gasteiger partial charge in [-0.3, -0.25) is 0 Å². The molecule has 0 heterocycles. The highest BCUT2D eigenvalue weighted by Gasteiger charge is 2.55. The summed E-state index contributed by atoms with van der Waals surface area (Å²) in [6, 6.07) is 4.73. The zero-order valence-electron chi connectivity index (χ0n) is 10.1. The van der Waals surface area contributed by atoms with Crippen molar-refractivity contribution in [3.63, 3.8) is 0 Å². The first-order chi connectivity index (χ1) is 7.15. The number of benzene rings is 1. The highest BCUT2D eigenvalue weighted by atomic mass is 14.6. The van der Waals surface area contributed by atoms with Gasteiger partial charge in [-0.2, -0.15) is 0 Å². The van der Waals surface area contributed by atoms with Gasteiger partial charge in [0.1, 0.15) is 0 Å². The van der Waals surface area contributed by atoms with E-state index >= 15 is 0 Å². The molecule has 0 spiro atoms. The fraction of sp³-hybridized carbons (Fsp3) is 0.600. The average molecular weight is 200 g/mol. The van der Waals surface area contributed by atoms with E-state index in [1.165, 1.54) is 36.8 Å². The second-order valence-electron chi connectivity index (χ2n) is 5.61. The molecule has 0 radical (unpaired) electrons. The minimum atomic E-state index is 0.628. The lowest BCUT2D eigenvalue weighted by atomic mass is 9.85. The van der Waals surface area contributed by atoms with Crippen molar-refractivity contribution in [2.24, 2.45) is 5.92 Å². The van der Waals surface area contributed by atoms with Crippen molar-refractivity contribution in [1.82, 2.24) is 0 Å². The summed E-state index contributed by atoms with van der Waals surface area (Å²) in [5.41, 5.74) is 6.83. The molecular formula is C15H20. The Balaban J connectivity index is 2.08. The molecule has 0 amide bonds. The molecule has 1 aromatic carbocycles. The van der Waals surface area contributed by atoms with Gasteiger partial charge in [-0.15, -0.1) is 0 Å². The Morgan fingerprint density at radius 3 is 2.20 bits per heavy atom. The summed E-state index contributed by atoms with van der Waals surface area (Å²) in [6.45, 7) is 6.82. The lowest BCUT2D eigenvalue weighted by Crippen LogP contribution is -2.12. The highest BCUT2D eigenvalue weighted by Crippen LogP contribution is 2.63. The van der Waals surface area contributed by atoms with Crippen LogP contribution in [-0.4, -0.2) is 0 Å². The summed E-state index contributed by atoms with van der Waals surface area (Å²) in [5.74, 6) is 1.03.